The smallest absolute Gasteiger partial charge is 0.263 e. The molecule has 10 N–H and O–H groups in total. The third-order valence-corrected chi connectivity index (χ3v) is 7.90. The number of nitrogens with one attached hydrogen (secondary N) is 2. The van der Waals surface area contributed by atoms with E-state index in [0.717, 1.165) is 12.8 Å². The molecule has 2 aromatic heterocycles. The molecular weight excluding hydrogens is 520 g/mol. The summed E-state index contributed by atoms with van der Waals surface area (Å²) in [6.45, 7) is 2.24. The van der Waals surface area contributed by atoms with E-state index in [1.165, 1.54) is 18.3 Å². The normalized spacial score (nSPS) is 23.9. The number of benzene rings is 1. The summed E-state index contributed by atoms with van der Waals surface area (Å²) in [6.07, 6.45) is 2.96. The molecule has 39 heavy (non-hydrogen) atoms. The summed E-state index contributed by atoms with van der Waals surface area (Å²) in [5.74, 6) is 1.41. The van der Waals surface area contributed by atoms with Crippen LogP contribution >= 0.6 is 0 Å². The van der Waals surface area contributed by atoms with Gasteiger partial charge in [-0.25, -0.2) is 13.4 Å². The van der Waals surface area contributed by atoms with Gasteiger partial charge in [0.15, 0.2) is 0 Å². The van der Waals surface area contributed by atoms with Gasteiger partial charge in [0, 0.05) is 62.2 Å². The second-order valence-corrected chi connectivity index (χ2v) is 11.7. The summed E-state index contributed by atoms with van der Waals surface area (Å²) >= 11 is 0. The van der Waals surface area contributed by atoms with Crippen LogP contribution in [0.25, 0.3) is 0 Å². The van der Waals surface area contributed by atoms with Crippen LogP contribution in [0.1, 0.15) is 12.8 Å². The van der Waals surface area contributed by atoms with Gasteiger partial charge in [-0.15, -0.1) is 0 Å². The highest BCUT2D eigenvalue weighted by atomic mass is 32.2. The zero-order valence-electron chi connectivity index (χ0n) is 21.4. The number of pyridine rings is 1. The molecule has 0 unspecified atom stereocenters. The highest BCUT2D eigenvalue weighted by molar-refractivity contribution is 7.92. The van der Waals surface area contributed by atoms with Crippen molar-refractivity contribution in [1.82, 2.24) is 19.9 Å². The van der Waals surface area contributed by atoms with Crippen molar-refractivity contribution in [3.63, 3.8) is 0 Å². The maximum atomic E-state index is 12.8. The summed E-state index contributed by atoms with van der Waals surface area (Å²) in [5, 5.41) is 3.17. The molecule has 15 heteroatoms. The van der Waals surface area contributed by atoms with E-state index in [2.05, 4.69) is 25.0 Å². The summed E-state index contributed by atoms with van der Waals surface area (Å²) < 4.78 is 28.0. The molecule has 2 aliphatic rings. The van der Waals surface area contributed by atoms with Crippen molar-refractivity contribution in [2.75, 3.05) is 46.0 Å². The number of anilines is 5. The highest BCUT2D eigenvalue weighted by Gasteiger charge is 2.29. The Hall–Kier alpha value is -3.63. The number of nitrogens with two attached hydrogens (primary N) is 4. The van der Waals surface area contributed by atoms with E-state index in [1.807, 2.05) is 9.80 Å². The lowest BCUT2D eigenvalue weighted by Crippen LogP contribution is -2.54. The van der Waals surface area contributed by atoms with Gasteiger partial charge in [-0.3, -0.25) is 4.72 Å². The average molecular weight is 555 g/mol. The first kappa shape index (κ1) is 27.0. The van der Waals surface area contributed by atoms with Crippen LogP contribution in [0.2, 0.25) is 0 Å². The summed E-state index contributed by atoms with van der Waals surface area (Å²) in [5.41, 5.74) is 25.5. The van der Waals surface area contributed by atoms with Crippen molar-refractivity contribution in [2.45, 2.75) is 41.9 Å². The maximum Gasteiger partial charge on any atom is 0.263 e. The molecule has 2 fully saturated rings. The van der Waals surface area contributed by atoms with Crippen LogP contribution < -0.4 is 42.8 Å². The Bertz CT molecular complexity index is 1310. The Balaban J connectivity index is 1.40. The van der Waals surface area contributed by atoms with Gasteiger partial charge in [-0.2, -0.15) is 15.0 Å². The molecule has 0 bridgehead atoms. The van der Waals surface area contributed by atoms with Crippen LogP contribution in [0.5, 0.6) is 0 Å². The molecule has 0 aliphatic carbocycles. The van der Waals surface area contributed by atoms with Gasteiger partial charge in [-0.1, -0.05) is 6.07 Å². The second-order valence-electron chi connectivity index (χ2n) is 10.1. The predicted molar refractivity (Wildman–Crippen MR) is 150 cm³/mol. The fourth-order valence-corrected chi connectivity index (χ4v) is 5.85. The minimum atomic E-state index is -3.81. The number of aromatic nitrogens is 4. The molecular formula is C24H34N12O2S. The van der Waals surface area contributed by atoms with E-state index in [0.29, 0.717) is 43.8 Å². The van der Waals surface area contributed by atoms with Crippen LogP contribution in [-0.2, 0) is 10.0 Å². The lowest BCUT2D eigenvalue weighted by molar-refractivity contribution is 0.441. The lowest BCUT2D eigenvalue weighted by atomic mass is 10.0. The van der Waals surface area contributed by atoms with Crippen LogP contribution in [0.4, 0.5) is 29.4 Å². The number of sulfonamides is 1. The Kier molecular flexibility index (Phi) is 7.76. The summed E-state index contributed by atoms with van der Waals surface area (Å²) in [4.78, 5) is 22.0. The van der Waals surface area contributed by atoms with E-state index in [9.17, 15) is 8.42 Å². The maximum absolute atomic E-state index is 12.8. The number of piperidine rings is 2. The number of hydrogen-bond donors (Lipinski definition) is 6. The largest absolute Gasteiger partial charge is 0.338 e. The predicted octanol–water partition coefficient (Wildman–Crippen LogP) is -0.460. The van der Waals surface area contributed by atoms with Gasteiger partial charge >= 0.3 is 0 Å². The van der Waals surface area contributed by atoms with Gasteiger partial charge in [0.1, 0.15) is 5.82 Å². The van der Waals surface area contributed by atoms with Crippen molar-refractivity contribution in [1.29, 1.82) is 0 Å². The van der Waals surface area contributed by atoms with Crippen molar-refractivity contribution in [3.8, 4) is 0 Å². The summed E-state index contributed by atoms with van der Waals surface area (Å²) in [7, 11) is -3.81. The first-order chi connectivity index (χ1) is 18.6. The lowest BCUT2D eigenvalue weighted by Gasteiger charge is -2.37. The fraction of sp³-hybridized carbons (Fsp3) is 0.417. The molecule has 4 heterocycles. The molecule has 2 saturated heterocycles. The van der Waals surface area contributed by atoms with E-state index in [-0.39, 0.29) is 40.8 Å². The first-order valence-corrected chi connectivity index (χ1v) is 14.2. The Morgan fingerprint density at radius 2 is 1.28 bits per heavy atom. The molecule has 5 rings (SSSR count). The zero-order valence-corrected chi connectivity index (χ0v) is 22.2. The Morgan fingerprint density at radius 3 is 1.77 bits per heavy atom. The monoisotopic (exact) mass is 554 g/mol. The van der Waals surface area contributed by atoms with Gasteiger partial charge < -0.3 is 38.1 Å². The Morgan fingerprint density at radius 1 is 0.744 bits per heavy atom. The van der Waals surface area contributed by atoms with Gasteiger partial charge in [0.2, 0.25) is 17.8 Å². The third-order valence-electron chi connectivity index (χ3n) is 6.53. The second kappa shape index (κ2) is 11.2. The molecule has 0 saturated carbocycles. The van der Waals surface area contributed by atoms with Crippen molar-refractivity contribution >= 4 is 39.4 Å². The molecule has 0 radical (unpaired) electrons. The summed E-state index contributed by atoms with van der Waals surface area (Å²) in [6, 6.07) is 10.8. The molecule has 1 aromatic carbocycles. The van der Waals surface area contributed by atoms with Crippen LogP contribution in [-0.4, -0.2) is 78.7 Å². The molecule has 208 valence electrons. The minimum absolute atomic E-state index is 0.0864. The molecule has 3 aromatic rings. The molecule has 0 spiro atoms. The molecule has 2 aliphatic heterocycles. The average Bonchev–Trinajstić information content (AvgIpc) is 2.88. The quantitative estimate of drug-likeness (QED) is 0.218. The van der Waals surface area contributed by atoms with Crippen molar-refractivity contribution < 1.29 is 8.42 Å². The minimum Gasteiger partial charge on any atom is -0.338 e. The highest BCUT2D eigenvalue weighted by Crippen LogP contribution is 2.24. The molecule has 14 nitrogen and oxygen atoms in total. The van der Waals surface area contributed by atoms with Crippen molar-refractivity contribution in [2.24, 2.45) is 22.9 Å². The van der Waals surface area contributed by atoms with Gasteiger partial charge in [0.25, 0.3) is 10.0 Å². The van der Waals surface area contributed by atoms with Crippen LogP contribution in [0, 0.1) is 0 Å². The molecule has 0 amide bonds. The van der Waals surface area contributed by atoms with E-state index < -0.39 is 10.0 Å². The van der Waals surface area contributed by atoms with Gasteiger partial charge in [0.05, 0.1) is 4.90 Å². The SMILES string of the molecule is N[C@@H]1C[C@H](N)CN(c2nc(Nc3ccc(S(=O)(=O)Nc4ccccn4)cc3)nc(N3C[C@H](N)C[C@H](N)C3)n2)C1. The van der Waals surface area contributed by atoms with Crippen LogP contribution in [0.3, 0.4) is 0 Å². The number of hydrogen-bond acceptors (Lipinski definition) is 13. The number of rotatable bonds is 7. The topological polar surface area (TPSA) is 220 Å². The first-order valence-electron chi connectivity index (χ1n) is 12.7. The Labute approximate surface area is 227 Å². The van der Waals surface area contributed by atoms with Crippen LogP contribution in [0.15, 0.2) is 53.6 Å². The fourth-order valence-electron chi connectivity index (χ4n) is 4.84. The van der Waals surface area contributed by atoms with E-state index in [1.54, 1.807) is 30.3 Å². The zero-order chi connectivity index (χ0) is 27.6. The van der Waals surface area contributed by atoms with Gasteiger partial charge in [-0.05, 0) is 49.2 Å². The number of nitrogens with zero attached hydrogens (tertiary/aromatic N) is 6. The molecule has 4 atom stereocenters. The standard InChI is InChI=1S/C24H34N12O2S/c25-15-9-16(26)12-35(11-15)23-31-22(32-24(33-23)36-13-17(27)10-18(28)14-36)30-19-4-6-20(7-5-19)39(37,38)34-21-3-1-2-8-29-21/h1-8,15-18H,9-14,25-28H2,(H,29,34)(H,30,31,32,33)/t15-,16+,17-,18+. The van der Waals surface area contributed by atoms with Crippen molar-refractivity contribution in [3.05, 3.63) is 48.7 Å². The van der Waals surface area contributed by atoms with E-state index in [4.69, 9.17) is 27.9 Å². The third kappa shape index (κ3) is 6.69. The van der Waals surface area contributed by atoms with E-state index >= 15 is 0 Å².